The van der Waals surface area contributed by atoms with Crippen molar-refractivity contribution in [3.05, 3.63) is 28.6 Å². The van der Waals surface area contributed by atoms with Crippen LogP contribution in [0.25, 0.3) is 11.3 Å². The van der Waals surface area contributed by atoms with E-state index in [9.17, 15) is 9.59 Å². The number of ether oxygens (including phenoxy) is 2. The number of nitrogens with zero attached hydrogens (tertiary/aromatic N) is 2. The summed E-state index contributed by atoms with van der Waals surface area (Å²) >= 11 is 1.58. The van der Waals surface area contributed by atoms with E-state index in [0.717, 1.165) is 41.9 Å². The summed E-state index contributed by atoms with van der Waals surface area (Å²) in [5.41, 5.74) is 2.36. The summed E-state index contributed by atoms with van der Waals surface area (Å²) in [5.74, 6) is 0.0521. The Morgan fingerprint density at radius 3 is 2.83 bits per heavy atom. The molecule has 0 spiro atoms. The van der Waals surface area contributed by atoms with Gasteiger partial charge < -0.3 is 9.47 Å². The highest BCUT2D eigenvalue weighted by Gasteiger charge is 2.37. The van der Waals surface area contributed by atoms with Gasteiger partial charge in [-0.25, -0.2) is 9.78 Å². The molecular formula is C22H26N2O4S. The van der Waals surface area contributed by atoms with E-state index >= 15 is 0 Å². The average Bonchev–Trinajstić information content (AvgIpc) is 3.17. The van der Waals surface area contributed by atoms with E-state index < -0.39 is 6.04 Å². The number of aromatic nitrogens is 1. The highest BCUT2D eigenvalue weighted by Crippen LogP contribution is 2.38. The molecule has 1 aliphatic heterocycles. The van der Waals surface area contributed by atoms with Gasteiger partial charge in [-0.3, -0.25) is 9.69 Å². The van der Waals surface area contributed by atoms with Gasteiger partial charge >= 0.3 is 5.97 Å². The lowest BCUT2D eigenvalue weighted by atomic mass is 9.97. The summed E-state index contributed by atoms with van der Waals surface area (Å²) in [6, 6.07) is 5.01. The zero-order valence-corrected chi connectivity index (χ0v) is 17.7. The Balaban J connectivity index is 1.63. The molecule has 4 rings (SSSR count). The van der Waals surface area contributed by atoms with E-state index in [1.54, 1.807) is 16.2 Å². The van der Waals surface area contributed by atoms with Gasteiger partial charge in [0.25, 0.3) is 5.91 Å². The number of esters is 1. The minimum absolute atomic E-state index is 0.0368. The largest absolute Gasteiger partial charge is 0.482 e. The molecule has 1 aromatic heterocycles. The maximum absolute atomic E-state index is 13.0. The Hall–Kier alpha value is -2.41. The number of benzene rings is 1. The normalized spacial score (nSPS) is 18.1. The van der Waals surface area contributed by atoms with Crippen molar-refractivity contribution >= 4 is 28.9 Å². The molecule has 1 unspecified atom stereocenters. The summed E-state index contributed by atoms with van der Waals surface area (Å²) in [6.45, 7) is 3.79. The molecule has 2 aliphatic rings. The number of fused-ring (bicyclic) bond motifs is 1. The SMILES string of the molecule is CCC(C(=O)OC1CCCCC1)N1C(=O)COc2ccc(-c3csc(C)n3)cc21. The van der Waals surface area contributed by atoms with Gasteiger partial charge in [-0.1, -0.05) is 13.3 Å². The molecule has 1 fully saturated rings. The molecule has 2 heterocycles. The van der Waals surface area contributed by atoms with Gasteiger partial charge in [0, 0.05) is 10.9 Å². The highest BCUT2D eigenvalue weighted by molar-refractivity contribution is 7.09. The van der Waals surface area contributed by atoms with Crippen LogP contribution in [0.3, 0.4) is 0 Å². The van der Waals surface area contributed by atoms with Crippen LogP contribution in [0, 0.1) is 6.92 Å². The third-order valence-corrected chi connectivity index (χ3v) is 6.33. The molecule has 2 aromatic rings. The molecular weight excluding hydrogens is 388 g/mol. The van der Waals surface area contributed by atoms with Crippen LogP contribution in [0.5, 0.6) is 5.75 Å². The van der Waals surface area contributed by atoms with Crippen LogP contribution in [-0.4, -0.2) is 35.6 Å². The van der Waals surface area contributed by atoms with Crippen molar-refractivity contribution < 1.29 is 19.1 Å². The third kappa shape index (κ3) is 4.15. The second kappa shape index (κ2) is 8.53. The topological polar surface area (TPSA) is 68.7 Å². The van der Waals surface area contributed by atoms with Gasteiger partial charge in [-0.05, 0) is 57.2 Å². The summed E-state index contributed by atoms with van der Waals surface area (Å²) in [6.07, 6.45) is 5.63. The molecule has 0 N–H and O–H groups in total. The molecule has 7 heteroatoms. The predicted molar refractivity (Wildman–Crippen MR) is 112 cm³/mol. The number of aryl methyl sites for hydroxylation is 1. The fraction of sp³-hybridized carbons (Fsp3) is 0.500. The lowest BCUT2D eigenvalue weighted by Crippen LogP contribution is -2.50. The minimum Gasteiger partial charge on any atom is -0.482 e. The Morgan fingerprint density at radius 1 is 1.34 bits per heavy atom. The van der Waals surface area contributed by atoms with E-state index in [1.807, 2.05) is 37.4 Å². The molecule has 0 saturated heterocycles. The van der Waals surface area contributed by atoms with Gasteiger partial charge in [0.1, 0.15) is 17.9 Å². The molecule has 29 heavy (non-hydrogen) atoms. The van der Waals surface area contributed by atoms with Gasteiger partial charge in [0.05, 0.1) is 16.4 Å². The van der Waals surface area contributed by atoms with Crippen molar-refractivity contribution in [2.45, 2.75) is 64.5 Å². The Labute approximate surface area is 174 Å². The fourth-order valence-corrected chi connectivity index (χ4v) is 4.67. The lowest BCUT2D eigenvalue weighted by Gasteiger charge is -2.35. The van der Waals surface area contributed by atoms with Crippen molar-refractivity contribution in [1.29, 1.82) is 0 Å². The van der Waals surface area contributed by atoms with Gasteiger partial charge in [-0.15, -0.1) is 11.3 Å². The van der Waals surface area contributed by atoms with Crippen molar-refractivity contribution in [2.75, 3.05) is 11.5 Å². The summed E-state index contributed by atoms with van der Waals surface area (Å²) in [7, 11) is 0. The minimum atomic E-state index is -0.653. The quantitative estimate of drug-likeness (QED) is 0.674. The molecule has 154 valence electrons. The number of hydrogen-bond donors (Lipinski definition) is 0. The number of rotatable bonds is 5. The van der Waals surface area contributed by atoms with E-state index in [2.05, 4.69) is 4.98 Å². The maximum Gasteiger partial charge on any atom is 0.329 e. The van der Waals surface area contributed by atoms with Crippen molar-refractivity contribution in [3.8, 4) is 17.0 Å². The number of hydrogen-bond acceptors (Lipinski definition) is 6. The second-order valence-corrected chi connectivity index (χ2v) is 8.67. The summed E-state index contributed by atoms with van der Waals surface area (Å²) < 4.78 is 11.4. The predicted octanol–water partition coefficient (Wildman–Crippen LogP) is 4.50. The van der Waals surface area contributed by atoms with E-state index in [1.165, 1.54) is 6.42 Å². The Morgan fingerprint density at radius 2 is 2.14 bits per heavy atom. The molecule has 1 aromatic carbocycles. The number of anilines is 1. The number of carbonyl (C=O) groups excluding carboxylic acids is 2. The van der Waals surface area contributed by atoms with Crippen LogP contribution in [0.15, 0.2) is 23.6 Å². The van der Waals surface area contributed by atoms with Gasteiger partial charge in [-0.2, -0.15) is 0 Å². The molecule has 1 aliphatic carbocycles. The van der Waals surface area contributed by atoms with Crippen LogP contribution in [0.2, 0.25) is 0 Å². The zero-order chi connectivity index (χ0) is 20.4. The summed E-state index contributed by atoms with van der Waals surface area (Å²) in [5, 5.41) is 2.96. The number of carbonyl (C=O) groups is 2. The maximum atomic E-state index is 13.0. The second-order valence-electron chi connectivity index (χ2n) is 7.61. The smallest absolute Gasteiger partial charge is 0.329 e. The summed E-state index contributed by atoms with van der Waals surface area (Å²) in [4.78, 5) is 31.9. The van der Waals surface area contributed by atoms with Gasteiger partial charge in [0.15, 0.2) is 6.61 Å². The fourth-order valence-electron chi connectivity index (χ4n) is 4.05. The third-order valence-electron chi connectivity index (χ3n) is 5.56. The van der Waals surface area contributed by atoms with E-state index in [4.69, 9.17) is 9.47 Å². The van der Waals surface area contributed by atoms with Crippen LogP contribution >= 0.6 is 11.3 Å². The molecule has 6 nitrogen and oxygen atoms in total. The molecule has 0 bridgehead atoms. The molecule has 0 radical (unpaired) electrons. The Bertz CT molecular complexity index is 904. The number of thiazole rings is 1. The average molecular weight is 415 g/mol. The Kier molecular flexibility index (Phi) is 5.85. The van der Waals surface area contributed by atoms with Crippen molar-refractivity contribution in [3.63, 3.8) is 0 Å². The van der Waals surface area contributed by atoms with Crippen LogP contribution < -0.4 is 9.64 Å². The van der Waals surface area contributed by atoms with Gasteiger partial charge in [0.2, 0.25) is 0 Å². The van der Waals surface area contributed by atoms with Crippen LogP contribution in [-0.2, 0) is 14.3 Å². The first-order valence-electron chi connectivity index (χ1n) is 10.3. The number of amides is 1. The lowest BCUT2D eigenvalue weighted by molar-refractivity contribution is -0.153. The van der Waals surface area contributed by atoms with E-state index in [0.29, 0.717) is 17.9 Å². The molecule has 1 amide bonds. The standard InChI is InChI=1S/C22H26N2O4S/c1-3-18(22(26)28-16-7-5-4-6-8-16)24-19-11-15(17-13-29-14(2)23-17)9-10-20(19)27-12-21(24)25/h9-11,13,16,18H,3-8,12H2,1-2H3. The first-order chi connectivity index (χ1) is 14.1. The molecule has 1 atom stereocenters. The first kappa shape index (κ1) is 19.9. The monoisotopic (exact) mass is 414 g/mol. The zero-order valence-electron chi connectivity index (χ0n) is 16.8. The highest BCUT2D eigenvalue weighted by atomic mass is 32.1. The van der Waals surface area contributed by atoms with Crippen LogP contribution in [0.4, 0.5) is 5.69 Å². The van der Waals surface area contributed by atoms with Crippen LogP contribution in [0.1, 0.15) is 50.5 Å². The van der Waals surface area contributed by atoms with Crippen molar-refractivity contribution in [2.24, 2.45) is 0 Å². The van der Waals surface area contributed by atoms with E-state index in [-0.39, 0.29) is 24.6 Å². The molecule has 1 saturated carbocycles. The van der Waals surface area contributed by atoms with Crippen molar-refractivity contribution in [1.82, 2.24) is 4.98 Å². The first-order valence-corrected chi connectivity index (χ1v) is 11.2.